The Balaban J connectivity index is 1.90. The molecule has 0 bridgehead atoms. The van der Waals surface area contributed by atoms with E-state index in [1.165, 1.54) is 11.8 Å². The van der Waals surface area contributed by atoms with Crippen LogP contribution in [0.3, 0.4) is 0 Å². The highest BCUT2D eigenvalue weighted by Gasteiger charge is 2.36. The molecule has 1 aliphatic rings. The van der Waals surface area contributed by atoms with Crippen LogP contribution in [0.1, 0.15) is 31.4 Å². The summed E-state index contributed by atoms with van der Waals surface area (Å²) in [6, 6.07) is 5.32. The molecule has 0 N–H and O–H groups in total. The number of nitrogens with zero attached hydrogens (tertiary/aromatic N) is 1. The molecule has 1 aliphatic heterocycles. The van der Waals surface area contributed by atoms with Gasteiger partial charge >= 0.3 is 5.97 Å². The number of hydrogen-bond donors (Lipinski definition) is 0. The SMILES string of the molecule is CCN(C(=O)C(C)OC(=O)COc1cc(C)ccc1C)C1CCS(=O)(=O)C1. The lowest BCUT2D eigenvalue weighted by Gasteiger charge is -2.29. The Morgan fingerprint density at radius 2 is 2.00 bits per heavy atom. The van der Waals surface area contributed by atoms with Crippen molar-refractivity contribution < 1.29 is 27.5 Å². The van der Waals surface area contributed by atoms with Crippen LogP contribution in [0.5, 0.6) is 5.75 Å². The Labute approximate surface area is 160 Å². The van der Waals surface area contributed by atoms with Crippen molar-refractivity contribution in [2.24, 2.45) is 0 Å². The van der Waals surface area contributed by atoms with E-state index >= 15 is 0 Å². The summed E-state index contributed by atoms with van der Waals surface area (Å²) < 4.78 is 34.0. The van der Waals surface area contributed by atoms with E-state index in [1.54, 1.807) is 6.92 Å². The van der Waals surface area contributed by atoms with Gasteiger partial charge in [-0.05, 0) is 51.3 Å². The van der Waals surface area contributed by atoms with Crippen LogP contribution in [0.2, 0.25) is 0 Å². The Morgan fingerprint density at radius 1 is 1.30 bits per heavy atom. The Hall–Kier alpha value is -2.09. The molecule has 1 fully saturated rings. The highest BCUT2D eigenvalue weighted by molar-refractivity contribution is 7.91. The van der Waals surface area contributed by atoms with Crippen LogP contribution in [0.4, 0.5) is 0 Å². The number of esters is 1. The molecule has 150 valence electrons. The number of likely N-dealkylation sites (N-methyl/N-ethyl adjacent to an activating group) is 1. The van der Waals surface area contributed by atoms with Crippen LogP contribution in [-0.2, 0) is 24.2 Å². The molecule has 1 aromatic rings. The molecule has 7 nitrogen and oxygen atoms in total. The minimum atomic E-state index is -3.10. The van der Waals surface area contributed by atoms with Gasteiger partial charge < -0.3 is 14.4 Å². The first kappa shape index (κ1) is 21.2. The number of ether oxygens (including phenoxy) is 2. The highest BCUT2D eigenvalue weighted by atomic mass is 32.2. The molecule has 1 amide bonds. The van der Waals surface area contributed by atoms with Gasteiger partial charge in [-0.3, -0.25) is 4.79 Å². The van der Waals surface area contributed by atoms with Crippen LogP contribution in [-0.4, -0.2) is 62.0 Å². The lowest BCUT2D eigenvalue weighted by atomic mass is 10.1. The maximum Gasteiger partial charge on any atom is 0.344 e. The zero-order valence-corrected chi connectivity index (χ0v) is 17.0. The zero-order chi connectivity index (χ0) is 20.2. The predicted octanol–water partition coefficient (Wildman–Crippen LogP) is 1.65. The first-order chi connectivity index (χ1) is 12.6. The number of carbonyl (C=O) groups excluding carboxylic acids is 2. The van der Waals surface area contributed by atoms with Crippen molar-refractivity contribution in [3.8, 4) is 5.75 Å². The van der Waals surface area contributed by atoms with Crippen molar-refractivity contribution in [3.05, 3.63) is 29.3 Å². The summed E-state index contributed by atoms with van der Waals surface area (Å²) in [5.41, 5.74) is 1.91. The molecule has 27 heavy (non-hydrogen) atoms. The molecule has 0 spiro atoms. The lowest BCUT2D eigenvalue weighted by Crippen LogP contribution is -2.46. The summed E-state index contributed by atoms with van der Waals surface area (Å²) in [7, 11) is -3.10. The first-order valence-corrected chi connectivity index (χ1v) is 10.9. The number of sulfone groups is 1. The molecule has 2 unspecified atom stereocenters. The van der Waals surface area contributed by atoms with Gasteiger partial charge in [0.25, 0.3) is 5.91 Å². The second-order valence-corrected chi connectivity index (χ2v) is 9.10. The zero-order valence-electron chi connectivity index (χ0n) is 16.2. The second kappa shape index (κ2) is 8.73. The van der Waals surface area contributed by atoms with Gasteiger partial charge in [0.1, 0.15) is 5.75 Å². The highest BCUT2D eigenvalue weighted by Crippen LogP contribution is 2.20. The maximum absolute atomic E-state index is 12.6. The molecule has 0 radical (unpaired) electrons. The van der Waals surface area contributed by atoms with Gasteiger partial charge in [0.05, 0.1) is 11.5 Å². The van der Waals surface area contributed by atoms with E-state index < -0.39 is 21.9 Å². The molecule has 8 heteroatoms. The number of hydrogen-bond acceptors (Lipinski definition) is 6. The monoisotopic (exact) mass is 397 g/mol. The van der Waals surface area contributed by atoms with E-state index in [9.17, 15) is 18.0 Å². The first-order valence-electron chi connectivity index (χ1n) is 9.03. The van der Waals surface area contributed by atoms with Gasteiger partial charge in [0.15, 0.2) is 22.5 Å². The smallest absolute Gasteiger partial charge is 0.344 e. The molecule has 0 saturated carbocycles. The minimum Gasteiger partial charge on any atom is -0.482 e. The van der Waals surface area contributed by atoms with E-state index in [0.29, 0.717) is 18.7 Å². The van der Waals surface area contributed by atoms with Gasteiger partial charge in [0.2, 0.25) is 0 Å². The molecule has 2 rings (SSSR count). The summed E-state index contributed by atoms with van der Waals surface area (Å²) >= 11 is 0. The van der Waals surface area contributed by atoms with Gasteiger partial charge in [-0.25, -0.2) is 13.2 Å². The summed E-state index contributed by atoms with van der Waals surface area (Å²) in [4.78, 5) is 26.1. The predicted molar refractivity (Wildman–Crippen MR) is 101 cm³/mol. The number of carbonyl (C=O) groups is 2. The molecule has 0 aliphatic carbocycles. The average molecular weight is 397 g/mol. The Morgan fingerprint density at radius 3 is 2.59 bits per heavy atom. The second-order valence-electron chi connectivity index (χ2n) is 6.87. The molecule has 1 aromatic carbocycles. The number of aryl methyl sites for hydroxylation is 2. The van der Waals surface area contributed by atoms with Gasteiger partial charge in [-0.15, -0.1) is 0 Å². The Bertz CT molecular complexity index is 804. The Kier molecular flexibility index (Phi) is 6.86. The molecule has 1 heterocycles. The van der Waals surface area contributed by atoms with E-state index in [2.05, 4.69) is 0 Å². The maximum atomic E-state index is 12.6. The fourth-order valence-corrected chi connectivity index (χ4v) is 4.86. The van der Waals surface area contributed by atoms with E-state index in [1.807, 2.05) is 32.0 Å². The quantitative estimate of drug-likeness (QED) is 0.650. The lowest BCUT2D eigenvalue weighted by molar-refractivity contribution is -0.161. The van der Waals surface area contributed by atoms with E-state index in [-0.39, 0.29) is 30.1 Å². The van der Waals surface area contributed by atoms with Crippen molar-refractivity contribution in [3.63, 3.8) is 0 Å². The van der Waals surface area contributed by atoms with E-state index in [0.717, 1.165) is 11.1 Å². The summed E-state index contributed by atoms with van der Waals surface area (Å²) in [6.45, 7) is 7.13. The van der Waals surface area contributed by atoms with Crippen LogP contribution in [0, 0.1) is 13.8 Å². The normalized spacial score (nSPS) is 19.3. The van der Waals surface area contributed by atoms with Crippen molar-refractivity contribution in [1.29, 1.82) is 0 Å². The van der Waals surface area contributed by atoms with Gasteiger partial charge in [-0.2, -0.15) is 0 Å². The molecular weight excluding hydrogens is 370 g/mol. The van der Waals surface area contributed by atoms with Crippen molar-refractivity contribution in [1.82, 2.24) is 4.90 Å². The number of benzene rings is 1. The average Bonchev–Trinajstić information content (AvgIpc) is 2.95. The minimum absolute atomic E-state index is 0.0387. The third kappa shape index (κ3) is 5.69. The standard InChI is InChI=1S/C19H27NO6S/c1-5-20(16-8-9-27(23,24)12-16)19(22)15(4)26-18(21)11-25-17-10-13(2)6-7-14(17)3/h6-7,10,15-16H,5,8-9,11-12H2,1-4H3. The summed E-state index contributed by atoms with van der Waals surface area (Å²) in [5.74, 6) is -0.397. The van der Waals surface area contributed by atoms with Crippen LogP contribution in [0.25, 0.3) is 0 Å². The van der Waals surface area contributed by atoms with Crippen LogP contribution in [0.15, 0.2) is 18.2 Å². The van der Waals surface area contributed by atoms with Gasteiger partial charge in [-0.1, -0.05) is 12.1 Å². The third-order valence-corrected chi connectivity index (χ3v) is 6.37. The van der Waals surface area contributed by atoms with Crippen molar-refractivity contribution in [2.75, 3.05) is 24.7 Å². The van der Waals surface area contributed by atoms with Crippen molar-refractivity contribution in [2.45, 2.75) is 46.3 Å². The largest absolute Gasteiger partial charge is 0.482 e. The van der Waals surface area contributed by atoms with Crippen molar-refractivity contribution >= 4 is 21.7 Å². The fraction of sp³-hybridized carbons (Fsp3) is 0.579. The molecule has 2 atom stereocenters. The number of rotatable bonds is 7. The molecule has 1 saturated heterocycles. The van der Waals surface area contributed by atoms with Crippen LogP contribution >= 0.6 is 0 Å². The topological polar surface area (TPSA) is 90.0 Å². The molecule has 0 aromatic heterocycles. The summed E-state index contributed by atoms with van der Waals surface area (Å²) in [6.07, 6.45) is -0.582. The third-order valence-electron chi connectivity index (χ3n) is 4.62. The summed E-state index contributed by atoms with van der Waals surface area (Å²) in [5, 5.41) is 0. The number of amides is 1. The molecular formula is C19H27NO6S. The van der Waals surface area contributed by atoms with Crippen LogP contribution < -0.4 is 4.74 Å². The van der Waals surface area contributed by atoms with Gasteiger partial charge in [0, 0.05) is 12.6 Å². The fourth-order valence-electron chi connectivity index (χ4n) is 3.13. The van der Waals surface area contributed by atoms with E-state index in [4.69, 9.17) is 9.47 Å².